The van der Waals surface area contributed by atoms with Crippen molar-refractivity contribution in [2.24, 2.45) is 0 Å². The van der Waals surface area contributed by atoms with Crippen molar-refractivity contribution < 1.29 is 17.9 Å². The third-order valence-electron chi connectivity index (χ3n) is 2.71. The smallest absolute Gasteiger partial charge is 0.307 e. The number of halogens is 1. The van der Waals surface area contributed by atoms with Crippen LogP contribution in [0.2, 0.25) is 0 Å². The van der Waals surface area contributed by atoms with Crippen LogP contribution < -0.4 is 0 Å². The van der Waals surface area contributed by atoms with Crippen molar-refractivity contribution in [1.29, 1.82) is 0 Å². The van der Waals surface area contributed by atoms with Crippen molar-refractivity contribution in [3.8, 4) is 0 Å². The van der Waals surface area contributed by atoms with Crippen LogP contribution in [0.5, 0.6) is 0 Å². The van der Waals surface area contributed by atoms with Gasteiger partial charge in [0.2, 0.25) is 10.0 Å². The van der Waals surface area contributed by atoms with E-state index in [0.717, 1.165) is 9.87 Å². The van der Waals surface area contributed by atoms with Crippen LogP contribution in [0.15, 0.2) is 27.6 Å². The van der Waals surface area contributed by atoms with E-state index < -0.39 is 16.0 Å². The van der Waals surface area contributed by atoms with Crippen molar-refractivity contribution >= 4 is 31.9 Å². The van der Waals surface area contributed by atoms with Gasteiger partial charge in [-0.2, -0.15) is 0 Å². The molecule has 0 radical (unpaired) electrons. The quantitative estimate of drug-likeness (QED) is 0.727. The minimum atomic E-state index is -3.62. The van der Waals surface area contributed by atoms with Gasteiger partial charge in [0.25, 0.3) is 0 Å². The molecule has 7 heteroatoms. The Hall–Kier alpha value is -0.920. The second-order valence-corrected chi connectivity index (χ2v) is 7.18. The number of nitrogens with zero attached hydrogens (tertiary/aromatic N) is 1. The molecule has 0 aromatic heterocycles. The van der Waals surface area contributed by atoms with Gasteiger partial charge in [0.1, 0.15) is 0 Å². The lowest BCUT2D eigenvalue weighted by molar-refractivity contribution is -0.143. The van der Waals surface area contributed by atoms with Crippen molar-refractivity contribution in [2.75, 3.05) is 20.2 Å². The maximum atomic E-state index is 12.4. The van der Waals surface area contributed by atoms with Gasteiger partial charge < -0.3 is 4.74 Å². The lowest BCUT2D eigenvalue weighted by atomic mass is 10.2. The Morgan fingerprint density at radius 1 is 1.40 bits per heavy atom. The molecule has 0 heterocycles. The number of ether oxygens (including phenoxy) is 1. The summed E-state index contributed by atoms with van der Waals surface area (Å²) in [5.74, 6) is -0.405. The molecule has 0 spiro atoms. The van der Waals surface area contributed by atoms with Gasteiger partial charge in [-0.25, -0.2) is 12.7 Å². The van der Waals surface area contributed by atoms with E-state index in [1.54, 1.807) is 25.1 Å². The van der Waals surface area contributed by atoms with Crippen LogP contribution in [0.3, 0.4) is 0 Å². The van der Waals surface area contributed by atoms with Crippen LogP contribution in [0.25, 0.3) is 0 Å². The maximum absolute atomic E-state index is 12.4. The third-order valence-corrected chi connectivity index (χ3v) is 5.55. The molecular weight excluding hydrogens is 346 g/mol. The van der Waals surface area contributed by atoms with E-state index in [0.29, 0.717) is 11.1 Å². The molecule has 0 aliphatic rings. The zero-order valence-corrected chi connectivity index (χ0v) is 14.1. The minimum absolute atomic E-state index is 0.0348. The summed E-state index contributed by atoms with van der Waals surface area (Å²) in [6.45, 7) is 3.97. The van der Waals surface area contributed by atoms with E-state index in [-0.39, 0.29) is 17.9 Å². The van der Waals surface area contributed by atoms with Gasteiger partial charge in [-0.1, -0.05) is 6.07 Å². The summed E-state index contributed by atoms with van der Waals surface area (Å²) in [7, 11) is -2.17. The molecule has 0 aliphatic heterocycles. The second-order valence-electron chi connectivity index (χ2n) is 4.32. The molecule has 112 valence electrons. The van der Waals surface area contributed by atoms with Gasteiger partial charge in [-0.3, -0.25) is 4.79 Å². The van der Waals surface area contributed by atoms with Crippen molar-refractivity contribution in [3.05, 3.63) is 28.2 Å². The first kappa shape index (κ1) is 17.1. The molecule has 0 amide bonds. The summed E-state index contributed by atoms with van der Waals surface area (Å²) in [5.41, 5.74) is 0.963. The molecule has 0 atom stereocenters. The van der Waals surface area contributed by atoms with E-state index in [9.17, 15) is 13.2 Å². The number of carbonyl (C=O) groups excluding carboxylic acids is 1. The normalized spacial score (nSPS) is 11.7. The van der Waals surface area contributed by atoms with Crippen molar-refractivity contribution in [3.63, 3.8) is 0 Å². The predicted molar refractivity (Wildman–Crippen MR) is 79.9 cm³/mol. The van der Waals surface area contributed by atoms with Gasteiger partial charge in [0.05, 0.1) is 17.9 Å². The van der Waals surface area contributed by atoms with Crippen molar-refractivity contribution in [1.82, 2.24) is 4.31 Å². The standard InChI is InChI=1S/C13H18BrNO4S/c1-4-19-13(16)7-8-15(3)20(17,18)12-6-5-10(2)9-11(12)14/h5-6,9H,4,7-8H2,1-3H3. The maximum Gasteiger partial charge on any atom is 0.307 e. The SMILES string of the molecule is CCOC(=O)CCN(C)S(=O)(=O)c1ccc(C)cc1Br. The zero-order valence-electron chi connectivity index (χ0n) is 11.7. The first-order chi connectivity index (χ1) is 9.28. The fourth-order valence-electron chi connectivity index (χ4n) is 1.59. The highest BCUT2D eigenvalue weighted by Crippen LogP contribution is 2.25. The number of rotatable bonds is 6. The highest BCUT2D eigenvalue weighted by molar-refractivity contribution is 9.10. The predicted octanol–water partition coefficient (Wildman–Crippen LogP) is 2.33. The average Bonchev–Trinajstić information content (AvgIpc) is 2.35. The highest BCUT2D eigenvalue weighted by atomic mass is 79.9. The number of esters is 1. The van der Waals surface area contributed by atoms with Gasteiger partial charge in [-0.15, -0.1) is 0 Å². The first-order valence-electron chi connectivity index (χ1n) is 6.17. The van der Waals surface area contributed by atoms with E-state index in [4.69, 9.17) is 4.74 Å². The first-order valence-corrected chi connectivity index (χ1v) is 8.40. The lowest BCUT2D eigenvalue weighted by Crippen LogP contribution is -2.29. The number of sulfonamides is 1. The number of aryl methyl sites for hydroxylation is 1. The number of hydrogen-bond donors (Lipinski definition) is 0. The Morgan fingerprint density at radius 3 is 2.60 bits per heavy atom. The molecule has 1 aromatic rings. The van der Waals surface area contributed by atoms with Gasteiger partial charge in [0, 0.05) is 18.1 Å². The summed E-state index contributed by atoms with van der Waals surface area (Å²) in [6.07, 6.45) is 0.0348. The summed E-state index contributed by atoms with van der Waals surface area (Å²) in [6, 6.07) is 5.03. The zero-order chi connectivity index (χ0) is 15.3. The molecule has 5 nitrogen and oxygen atoms in total. The van der Waals surface area contributed by atoms with Crippen LogP contribution in [0.1, 0.15) is 18.9 Å². The molecule has 1 aromatic carbocycles. The number of benzene rings is 1. The monoisotopic (exact) mass is 363 g/mol. The fraction of sp³-hybridized carbons (Fsp3) is 0.462. The highest BCUT2D eigenvalue weighted by Gasteiger charge is 2.23. The molecule has 0 saturated carbocycles. The minimum Gasteiger partial charge on any atom is -0.466 e. The summed E-state index contributed by atoms with van der Waals surface area (Å²) >= 11 is 3.26. The molecule has 0 unspecified atom stereocenters. The summed E-state index contributed by atoms with van der Waals surface area (Å²) in [5, 5.41) is 0. The molecule has 0 fully saturated rings. The molecule has 20 heavy (non-hydrogen) atoms. The largest absolute Gasteiger partial charge is 0.466 e. The van der Waals surface area contributed by atoms with Gasteiger partial charge >= 0.3 is 5.97 Å². The average molecular weight is 364 g/mol. The van der Waals surface area contributed by atoms with E-state index in [1.807, 2.05) is 6.92 Å². The third kappa shape index (κ3) is 4.29. The Labute approximate surface area is 128 Å². The van der Waals surface area contributed by atoms with Crippen LogP contribution in [0, 0.1) is 6.92 Å². The molecule has 0 bridgehead atoms. The molecule has 0 saturated heterocycles. The summed E-state index contributed by atoms with van der Waals surface area (Å²) in [4.78, 5) is 11.5. The Kier molecular flexibility index (Phi) is 6.16. The van der Waals surface area contributed by atoms with E-state index in [1.165, 1.54) is 7.05 Å². The van der Waals surface area contributed by atoms with Crippen LogP contribution in [0.4, 0.5) is 0 Å². The van der Waals surface area contributed by atoms with E-state index >= 15 is 0 Å². The van der Waals surface area contributed by atoms with Gasteiger partial charge in [-0.05, 0) is 47.5 Å². The fourth-order valence-corrected chi connectivity index (χ4v) is 3.90. The second kappa shape index (κ2) is 7.19. The Balaban J connectivity index is 2.85. The molecule has 0 aliphatic carbocycles. The number of hydrogen-bond acceptors (Lipinski definition) is 4. The van der Waals surface area contributed by atoms with Crippen molar-refractivity contribution in [2.45, 2.75) is 25.2 Å². The topological polar surface area (TPSA) is 63.7 Å². The summed E-state index contributed by atoms with van der Waals surface area (Å²) < 4.78 is 31.2. The van der Waals surface area contributed by atoms with Crippen LogP contribution in [-0.2, 0) is 19.6 Å². The number of carbonyl (C=O) groups is 1. The van der Waals surface area contributed by atoms with Gasteiger partial charge in [0.15, 0.2) is 0 Å². The Bertz CT molecular complexity index is 586. The van der Waals surface area contributed by atoms with E-state index in [2.05, 4.69) is 15.9 Å². The van der Waals surface area contributed by atoms with Crippen LogP contribution >= 0.6 is 15.9 Å². The molecular formula is C13H18BrNO4S. The Morgan fingerprint density at radius 2 is 2.05 bits per heavy atom. The lowest BCUT2D eigenvalue weighted by Gasteiger charge is -2.17. The molecule has 1 rings (SSSR count). The molecule has 0 N–H and O–H groups in total. The van der Waals surface area contributed by atoms with Crippen LogP contribution in [-0.4, -0.2) is 38.9 Å².